The van der Waals surface area contributed by atoms with Crippen LogP contribution in [-0.2, 0) is 4.74 Å². The first-order valence-electron chi connectivity index (χ1n) is 4.36. The molecule has 4 heteroatoms. The molecule has 0 unspecified atom stereocenters. The maximum absolute atomic E-state index is 11.4. The third-order valence-corrected chi connectivity index (χ3v) is 2.61. The third-order valence-electron chi connectivity index (χ3n) is 2.16. The summed E-state index contributed by atoms with van der Waals surface area (Å²) in [5.41, 5.74) is 1.60. The third kappa shape index (κ3) is 2.45. The highest BCUT2D eigenvalue weighted by Gasteiger charge is 2.15. The molecule has 0 saturated carbocycles. The largest absolute Gasteiger partial charge is 0.465 e. The SMILES string of the molecule is COC(=O)c1cc(Br)cc(C(C)=O)c1C. The second-order valence-electron chi connectivity index (χ2n) is 3.17. The van der Waals surface area contributed by atoms with Crippen LogP contribution in [0, 0.1) is 6.92 Å². The second-order valence-corrected chi connectivity index (χ2v) is 4.09. The van der Waals surface area contributed by atoms with Gasteiger partial charge < -0.3 is 4.74 Å². The number of carbonyl (C=O) groups excluding carboxylic acids is 2. The van der Waals surface area contributed by atoms with E-state index >= 15 is 0 Å². The maximum atomic E-state index is 11.4. The molecule has 1 aromatic rings. The molecule has 0 heterocycles. The first-order chi connectivity index (χ1) is 6.97. The quantitative estimate of drug-likeness (QED) is 0.613. The smallest absolute Gasteiger partial charge is 0.338 e. The highest BCUT2D eigenvalue weighted by molar-refractivity contribution is 9.10. The van der Waals surface area contributed by atoms with E-state index in [1.165, 1.54) is 14.0 Å². The summed E-state index contributed by atoms with van der Waals surface area (Å²) in [7, 11) is 1.32. The van der Waals surface area contributed by atoms with Crippen LogP contribution in [0.4, 0.5) is 0 Å². The van der Waals surface area contributed by atoms with Crippen molar-refractivity contribution in [2.24, 2.45) is 0 Å². The van der Waals surface area contributed by atoms with Crippen LogP contribution in [0.25, 0.3) is 0 Å². The number of ketones is 1. The number of halogens is 1. The molecule has 0 aromatic heterocycles. The first-order valence-corrected chi connectivity index (χ1v) is 5.16. The second kappa shape index (κ2) is 4.57. The van der Waals surface area contributed by atoms with Crippen LogP contribution in [0.1, 0.15) is 33.2 Å². The van der Waals surface area contributed by atoms with E-state index in [9.17, 15) is 9.59 Å². The van der Waals surface area contributed by atoms with Gasteiger partial charge in [0.1, 0.15) is 0 Å². The van der Waals surface area contributed by atoms with Gasteiger partial charge in [-0.25, -0.2) is 4.79 Å². The van der Waals surface area contributed by atoms with Gasteiger partial charge in [-0.15, -0.1) is 0 Å². The molecule has 3 nitrogen and oxygen atoms in total. The van der Waals surface area contributed by atoms with E-state index in [0.717, 1.165) is 0 Å². The number of esters is 1. The monoisotopic (exact) mass is 270 g/mol. The minimum atomic E-state index is -0.434. The Morgan fingerprint density at radius 2 is 1.80 bits per heavy atom. The highest BCUT2D eigenvalue weighted by Crippen LogP contribution is 2.22. The Hall–Kier alpha value is -1.16. The minimum Gasteiger partial charge on any atom is -0.465 e. The van der Waals surface area contributed by atoms with Crippen molar-refractivity contribution in [3.63, 3.8) is 0 Å². The molecule has 0 radical (unpaired) electrons. The number of benzene rings is 1. The molecule has 0 amide bonds. The Labute approximate surface area is 96.6 Å². The summed E-state index contributed by atoms with van der Waals surface area (Å²) in [6.45, 7) is 3.20. The van der Waals surface area contributed by atoms with Crippen molar-refractivity contribution in [1.82, 2.24) is 0 Å². The van der Waals surface area contributed by atoms with Gasteiger partial charge >= 0.3 is 5.97 Å². The number of methoxy groups -OCH3 is 1. The van der Waals surface area contributed by atoms with Crippen LogP contribution in [0.15, 0.2) is 16.6 Å². The van der Waals surface area contributed by atoms with Gasteiger partial charge in [0.2, 0.25) is 0 Å². The molecule has 0 bridgehead atoms. The normalized spacial score (nSPS) is 9.87. The van der Waals surface area contributed by atoms with E-state index in [4.69, 9.17) is 0 Å². The Balaban J connectivity index is 3.41. The molecule has 0 aliphatic heterocycles. The summed E-state index contributed by atoms with van der Waals surface area (Å²) in [5, 5.41) is 0. The van der Waals surface area contributed by atoms with Crippen LogP contribution < -0.4 is 0 Å². The van der Waals surface area contributed by atoms with Crippen molar-refractivity contribution in [1.29, 1.82) is 0 Å². The van der Waals surface area contributed by atoms with Crippen molar-refractivity contribution >= 4 is 27.7 Å². The molecule has 0 aliphatic carbocycles. The fourth-order valence-corrected chi connectivity index (χ4v) is 1.82. The molecule has 0 spiro atoms. The van der Waals surface area contributed by atoms with Crippen LogP contribution in [-0.4, -0.2) is 18.9 Å². The summed E-state index contributed by atoms with van der Waals surface area (Å²) < 4.78 is 5.33. The Morgan fingerprint density at radius 1 is 1.27 bits per heavy atom. The lowest BCUT2D eigenvalue weighted by atomic mass is 10.00. The highest BCUT2D eigenvalue weighted by atomic mass is 79.9. The predicted octanol–water partition coefficient (Wildman–Crippen LogP) is 2.75. The number of Topliss-reactive ketones (excluding diaryl/α,β-unsaturated/α-hetero) is 1. The molecular formula is C11H11BrO3. The molecule has 15 heavy (non-hydrogen) atoms. The van der Waals surface area contributed by atoms with Gasteiger partial charge in [-0.2, -0.15) is 0 Å². The van der Waals surface area contributed by atoms with Crippen molar-refractivity contribution < 1.29 is 14.3 Å². The van der Waals surface area contributed by atoms with E-state index < -0.39 is 5.97 Å². The van der Waals surface area contributed by atoms with Crippen LogP contribution in [0.5, 0.6) is 0 Å². The standard InChI is InChI=1S/C11H11BrO3/c1-6-9(7(2)13)4-8(12)5-10(6)11(14)15-3/h4-5H,1-3H3. The number of carbonyl (C=O) groups is 2. The van der Waals surface area contributed by atoms with Gasteiger partial charge in [-0.1, -0.05) is 15.9 Å². The molecule has 0 atom stereocenters. The summed E-state index contributed by atoms with van der Waals surface area (Å²) >= 11 is 3.25. The van der Waals surface area contributed by atoms with Crippen molar-refractivity contribution in [2.45, 2.75) is 13.8 Å². The molecule has 0 saturated heterocycles. The fourth-order valence-electron chi connectivity index (χ4n) is 1.37. The Kier molecular flexibility index (Phi) is 3.63. The summed E-state index contributed by atoms with van der Waals surface area (Å²) in [6, 6.07) is 3.34. The number of hydrogen-bond acceptors (Lipinski definition) is 3. The van der Waals surface area contributed by atoms with E-state index in [0.29, 0.717) is 21.2 Å². The number of hydrogen-bond donors (Lipinski definition) is 0. The van der Waals surface area contributed by atoms with Crippen molar-refractivity contribution in [2.75, 3.05) is 7.11 Å². The molecule has 0 N–H and O–H groups in total. The van der Waals surface area contributed by atoms with E-state index in [1.54, 1.807) is 19.1 Å². The van der Waals surface area contributed by atoms with Gasteiger partial charge in [-0.3, -0.25) is 4.79 Å². The van der Waals surface area contributed by atoms with E-state index in [-0.39, 0.29) is 5.78 Å². The molecular weight excluding hydrogens is 260 g/mol. The Morgan fingerprint density at radius 3 is 2.27 bits per heavy atom. The van der Waals surface area contributed by atoms with Crippen LogP contribution >= 0.6 is 15.9 Å². The van der Waals surface area contributed by atoms with Gasteiger partial charge in [0.05, 0.1) is 12.7 Å². The molecule has 80 valence electrons. The number of ether oxygens (including phenoxy) is 1. The zero-order valence-electron chi connectivity index (χ0n) is 8.76. The average Bonchev–Trinajstić information content (AvgIpc) is 2.19. The molecule has 0 fully saturated rings. The minimum absolute atomic E-state index is 0.0704. The Bertz CT molecular complexity index is 424. The summed E-state index contributed by atoms with van der Waals surface area (Å²) in [4.78, 5) is 22.7. The van der Waals surface area contributed by atoms with Crippen LogP contribution in [0.3, 0.4) is 0 Å². The van der Waals surface area contributed by atoms with E-state index in [1.807, 2.05) is 0 Å². The fraction of sp³-hybridized carbons (Fsp3) is 0.273. The van der Waals surface area contributed by atoms with Gasteiger partial charge in [-0.05, 0) is 31.5 Å². The molecule has 1 rings (SSSR count). The number of rotatable bonds is 2. The molecule has 1 aromatic carbocycles. The lowest BCUT2D eigenvalue weighted by molar-refractivity contribution is 0.0600. The topological polar surface area (TPSA) is 43.4 Å². The maximum Gasteiger partial charge on any atom is 0.338 e. The zero-order valence-corrected chi connectivity index (χ0v) is 10.3. The molecule has 0 aliphatic rings. The lowest BCUT2D eigenvalue weighted by Gasteiger charge is -2.08. The van der Waals surface area contributed by atoms with Gasteiger partial charge in [0.25, 0.3) is 0 Å². The van der Waals surface area contributed by atoms with Gasteiger partial charge in [0, 0.05) is 10.0 Å². The van der Waals surface area contributed by atoms with Crippen molar-refractivity contribution in [3.8, 4) is 0 Å². The first kappa shape index (κ1) is 11.9. The lowest BCUT2D eigenvalue weighted by Crippen LogP contribution is -2.08. The van der Waals surface area contributed by atoms with Crippen molar-refractivity contribution in [3.05, 3.63) is 33.3 Å². The van der Waals surface area contributed by atoms with E-state index in [2.05, 4.69) is 20.7 Å². The summed E-state index contributed by atoms with van der Waals surface area (Å²) in [5.74, 6) is -0.504. The average molecular weight is 271 g/mol. The van der Waals surface area contributed by atoms with Crippen LogP contribution in [0.2, 0.25) is 0 Å². The summed E-state index contributed by atoms with van der Waals surface area (Å²) in [6.07, 6.45) is 0. The zero-order chi connectivity index (χ0) is 11.6. The predicted molar refractivity (Wildman–Crippen MR) is 60.2 cm³/mol. The van der Waals surface area contributed by atoms with Gasteiger partial charge in [0.15, 0.2) is 5.78 Å².